The standard InChI is InChI=1S/C14H28OSi2/c1-16(2,3)15-17(4,5)9-8-14-11-12-6-7-13(14)10-12/h6-7,12-14H,8-11H2,1-5H3/t12-,13+,14?/m1/s1. The van der Waals surface area contributed by atoms with Gasteiger partial charge < -0.3 is 4.12 Å². The van der Waals surface area contributed by atoms with Gasteiger partial charge in [0.25, 0.3) is 0 Å². The minimum Gasteiger partial charge on any atom is -0.456 e. The molecule has 0 saturated heterocycles. The fourth-order valence-corrected chi connectivity index (χ4v) is 11.7. The molecule has 17 heavy (non-hydrogen) atoms. The first kappa shape index (κ1) is 13.6. The lowest BCUT2D eigenvalue weighted by molar-refractivity contribution is 0.422. The maximum Gasteiger partial charge on any atom is 0.173 e. The number of hydrogen-bond donors (Lipinski definition) is 0. The van der Waals surface area contributed by atoms with Crippen LogP contribution in [0.5, 0.6) is 0 Å². The van der Waals surface area contributed by atoms with E-state index in [1.807, 2.05) is 0 Å². The Morgan fingerprint density at radius 3 is 2.24 bits per heavy atom. The Morgan fingerprint density at radius 1 is 1.06 bits per heavy atom. The molecule has 0 heterocycles. The maximum atomic E-state index is 6.42. The molecule has 2 bridgehead atoms. The van der Waals surface area contributed by atoms with Gasteiger partial charge in [0.2, 0.25) is 0 Å². The Balaban J connectivity index is 1.80. The van der Waals surface area contributed by atoms with Gasteiger partial charge in [0.1, 0.15) is 0 Å². The van der Waals surface area contributed by atoms with Gasteiger partial charge in [-0.15, -0.1) is 0 Å². The van der Waals surface area contributed by atoms with Gasteiger partial charge in [-0.05, 0) is 69.4 Å². The fraction of sp³-hybridized carbons (Fsp3) is 0.857. The maximum absolute atomic E-state index is 6.42. The average molecular weight is 269 g/mol. The van der Waals surface area contributed by atoms with Crippen LogP contribution < -0.4 is 0 Å². The van der Waals surface area contributed by atoms with Crippen molar-refractivity contribution in [2.45, 2.75) is 58.0 Å². The smallest absolute Gasteiger partial charge is 0.173 e. The first-order chi connectivity index (χ1) is 7.75. The highest BCUT2D eigenvalue weighted by Crippen LogP contribution is 2.46. The number of hydrogen-bond acceptors (Lipinski definition) is 1. The summed E-state index contributed by atoms with van der Waals surface area (Å²) in [5.41, 5.74) is 0. The van der Waals surface area contributed by atoms with Gasteiger partial charge >= 0.3 is 0 Å². The highest BCUT2D eigenvalue weighted by molar-refractivity contribution is 6.84. The molecule has 1 saturated carbocycles. The molecule has 0 spiro atoms. The minimum atomic E-state index is -1.40. The van der Waals surface area contributed by atoms with Crippen LogP contribution in [0.3, 0.4) is 0 Å². The normalized spacial score (nSPS) is 32.4. The molecule has 0 radical (unpaired) electrons. The molecule has 3 heteroatoms. The molecular weight excluding hydrogens is 240 g/mol. The molecule has 0 N–H and O–H groups in total. The average Bonchev–Trinajstić information content (AvgIpc) is 2.71. The second-order valence-electron chi connectivity index (χ2n) is 7.55. The van der Waals surface area contributed by atoms with Crippen LogP contribution in [0, 0.1) is 17.8 Å². The van der Waals surface area contributed by atoms with E-state index in [-0.39, 0.29) is 0 Å². The third-order valence-electron chi connectivity index (χ3n) is 4.12. The number of fused-ring (bicyclic) bond motifs is 2. The SMILES string of the molecule is C[Si](C)(C)O[Si](C)(C)CCC1C[C@@H]2C=C[C@H]1C2. The Bertz CT molecular complexity index is 304. The lowest BCUT2D eigenvalue weighted by atomic mass is 9.91. The summed E-state index contributed by atoms with van der Waals surface area (Å²) < 4.78 is 6.42. The fourth-order valence-electron chi connectivity index (χ4n) is 3.64. The summed E-state index contributed by atoms with van der Waals surface area (Å²) in [5.74, 6) is 2.81. The largest absolute Gasteiger partial charge is 0.456 e. The lowest BCUT2D eigenvalue weighted by Crippen LogP contribution is -2.42. The van der Waals surface area contributed by atoms with Crippen molar-refractivity contribution in [3.63, 3.8) is 0 Å². The molecule has 2 aliphatic carbocycles. The topological polar surface area (TPSA) is 9.23 Å². The highest BCUT2D eigenvalue weighted by Gasteiger charge is 2.37. The van der Waals surface area contributed by atoms with Crippen molar-refractivity contribution in [3.8, 4) is 0 Å². The van der Waals surface area contributed by atoms with Crippen LogP contribution in [0.25, 0.3) is 0 Å². The van der Waals surface area contributed by atoms with Crippen LogP contribution >= 0.6 is 0 Å². The van der Waals surface area contributed by atoms with Crippen LogP contribution in [0.2, 0.25) is 38.8 Å². The summed E-state index contributed by atoms with van der Waals surface area (Å²) in [4.78, 5) is 0. The molecule has 0 amide bonds. The van der Waals surface area contributed by atoms with E-state index in [2.05, 4.69) is 44.9 Å². The van der Waals surface area contributed by atoms with Crippen molar-refractivity contribution in [1.82, 2.24) is 0 Å². The predicted molar refractivity (Wildman–Crippen MR) is 80.2 cm³/mol. The summed E-state index contributed by atoms with van der Waals surface area (Å²) in [5, 5.41) is 0. The summed E-state index contributed by atoms with van der Waals surface area (Å²) in [7, 11) is -2.73. The first-order valence-electron chi connectivity index (χ1n) is 7.14. The molecule has 2 aliphatic rings. The van der Waals surface area contributed by atoms with Crippen molar-refractivity contribution >= 4 is 16.6 Å². The Morgan fingerprint density at radius 2 is 1.76 bits per heavy atom. The second-order valence-corrected chi connectivity index (χ2v) is 16.6. The van der Waals surface area contributed by atoms with Gasteiger partial charge in [0.15, 0.2) is 16.6 Å². The molecule has 1 nitrogen and oxygen atoms in total. The van der Waals surface area contributed by atoms with Crippen molar-refractivity contribution in [2.75, 3.05) is 0 Å². The minimum absolute atomic E-state index is 0.914. The monoisotopic (exact) mass is 268 g/mol. The Labute approximate surface area is 109 Å². The Kier molecular flexibility index (Phi) is 3.72. The second kappa shape index (κ2) is 4.67. The van der Waals surface area contributed by atoms with Crippen molar-refractivity contribution < 1.29 is 4.12 Å². The van der Waals surface area contributed by atoms with E-state index < -0.39 is 16.6 Å². The highest BCUT2D eigenvalue weighted by atomic mass is 28.4. The summed E-state index contributed by atoms with van der Waals surface area (Å²) in [6.45, 7) is 11.8. The lowest BCUT2D eigenvalue weighted by Gasteiger charge is -2.33. The third-order valence-corrected chi connectivity index (χ3v) is 10.3. The van der Waals surface area contributed by atoms with E-state index in [1.54, 1.807) is 0 Å². The van der Waals surface area contributed by atoms with Crippen LogP contribution in [0.15, 0.2) is 12.2 Å². The van der Waals surface area contributed by atoms with Gasteiger partial charge in [-0.25, -0.2) is 0 Å². The van der Waals surface area contributed by atoms with Crippen molar-refractivity contribution in [2.24, 2.45) is 17.8 Å². The van der Waals surface area contributed by atoms with Crippen LogP contribution in [0.1, 0.15) is 19.3 Å². The molecule has 0 aromatic heterocycles. The molecule has 0 aromatic rings. The quantitative estimate of drug-likeness (QED) is 0.521. The zero-order valence-corrected chi connectivity index (χ0v) is 14.1. The summed E-state index contributed by atoms with van der Waals surface area (Å²) in [6.07, 6.45) is 9.24. The van der Waals surface area contributed by atoms with Crippen LogP contribution in [-0.4, -0.2) is 16.6 Å². The van der Waals surface area contributed by atoms with Crippen LogP contribution in [-0.2, 0) is 4.12 Å². The molecular formula is C14H28OSi2. The van der Waals surface area contributed by atoms with Gasteiger partial charge in [-0.1, -0.05) is 18.6 Å². The zero-order chi connectivity index (χ0) is 12.7. The number of allylic oxidation sites excluding steroid dienone is 2. The van der Waals surface area contributed by atoms with E-state index in [0.29, 0.717) is 0 Å². The first-order valence-corrected chi connectivity index (χ1v) is 13.7. The van der Waals surface area contributed by atoms with Crippen molar-refractivity contribution in [3.05, 3.63) is 12.2 Å². The third kappa shape index (κ3) is 3.80. The van der Waals surface area contributed by atoms with Crippen molar-refractivity contribution in [1.29, 1.82) is 0 Å². The molecule has 1 unspecified atom stereocenters. The van der Waals surface area contributed by atoms with Crippen LogP contribution in [0.4, 0.5) is 0 Å². The molecule has 1 fully saturated rings. The Hall–Kier alpha value is 0.134. The molecule has 0 aromatic carbocycles. The predicted octanol–water partition coefficient (Wildman–Crippen LogP) is 4.65. The van der Waals surface area contributed by atoms with E-state index in [4.69, 9.17) is 4.12 Å². The molecule has 0 aliphatic heterocycles. The summed E-state index contributed by atoms with van der Waals surface area (Å²) in [6, 6.07) is 1.36. The van der Waals surface area contributed by atoms with E-state index in [1.165, 1.54) is 25.3 Å². The van der Waals surface area contributed by atoms with Gasteiger partial charge in [-0.3, -0.25) is 0 Å². The van der Waals surface area contributed by atoms with E-state index >= 15 is 0 Å². The van der Waals surface area contributed by atoms with E-state index in [0.717, 1.165) is 17.8 Å². The molecule has 3 atom stereocenters. The molecule has 2 rings (SSSR count). The summed E-state index contributed by atoms with van der Waals surface area (Å²) >= 11 is 0. The van der Waals surface area contributed by atoms with E-state index in [9.17, 15) is 0 Å². The molecule has 98 valence electrons. The van der Waals surface area contributed by atoms with Gasteiger partial charge in [0, 0.05) is 0 Å². The number of rotatable bonds is 5. The van der Waals surface area contributed by atoms with Gasteiger partial charge in [0.05, 0.1) is 0 Å². The van der Waals surface area contributed by atoms with Gasteiger partial charge in [-0.2, -0.15) is 0 Å². The zero-order valence-electron chi connectivity index (χ0n) is 12.1.